The first-order valence-electron chi connectivity index (χ1n) is 10.9. The molecular weight excluding hydrogens is 394 g/mol. The van der Waals surface area contributed by atoms with Crippen molar-refractivity contribution in [3.8, 4) is 11.5 Å². The van der Waals surface area contributed by atoms with Gasteiger partial charge in [-0.2, -0.15) is 4.99 Å². The first-order chi connectivity index (χ1) is 15.2. The molecule has 0 aliphatic carbocycles. The van der Waals surface area contributed by atoms with Crippen molar-refractivity contribution >= 4 is 18.4 Å². The molecule has 1 aromatic rings. The molecule has 1 fully saturated rings. The van der Waals surface area contributed by atoms with Gasteiger partial charge in [-0.1, -0.05) is 0 Å². The van der Waals surface area contributed by atoms with Gasteiger partial charge >= 0.3 is 0 Å². The number of benzene rings is 1. The van der Waals surface area contributed by atoms with Crippen LogP contribution in [-0.4, -0.2) is 71.2 Å². The molecule has 0 atom stereocenters. The summed E-state index contributed by atoms with van der Waals surface area (Å²) in [6.45, 7) is 11.1. The molecule has 1 heterocycles. The highest BCUT2D eigenvalue weighted by Crippen LogP contribution is 2.30. The van der Waals surface area contributed by atoms with Gasteiger partial charge in [-0.3, -0.25) is 0 Å². The van der Waals surface area contributed by atoms with Crippen molar-refractivity contribution in [2.24, 2.45) is 9.98 Å². The first kappa shape index (κ1) is 24.7. The third kappa shape index (κ3) is 8.98. The molecule has 8 heteroatoms. The molecule has 0 bridgehead atoms. The third-order valence-electron chi connectivity index (χ3n) is 4.98. The maximum Gasteiger partial charge on any atom is 0.228 e. The van der Waals surface area contributed by atoms with Gasteiger partial charge in [-0.15, -0.1) is 0 Å². The Hall–Kier alpha value is -2.58. The SMILES string of the molecule is C=N/C(=N\C(=C/C)NCCCOC)Nc1ccc(OC)c(OCCCN2CCCC2)c1. The maximum absolute atomic E-state index is 6.01. The second kappa shape index (κ2) is 14.4. The predicted molar refractivity (Wildman–Crippen MR) is 128 cm³/mol. The molecule has 1 aromatic carbocycles. The lowest BCUT2D eigenvalue weighted by Gasteiger charge is -2.16. The van der Waals surface area contributed by atoms with E-state index in [1.807, 2.05) is 31.2 Å². The molecule has 0 unspecified atom stereocenters. The largest absolute Gasteiger partial charge is 0.493 e. The van der Waals surface area contributed by atoms with E-state index in [9.17, 15) is 0 Å². The van der Waals surface area contributed by atoms with Gasteiger partial charge in [0.25, 0.3) is 0 Å². The highest BCUT2D eigenvalue weighted by atomic mass is 16.5. The van der Waals surface area contributed by atoms with Crippen LogP contribution < -0.4 is 20.1 Å². The van der Waals surface area contributed by atoms with Crippen LogP contribution in [0.5, 0.6) is 11.5 Å². The van der Waals surface area contributed by atoms with Gasteiger partial charge in [-0.25, -0.2) is 4.99 Å². The van der Waals surface area contributed by atoms with E-state index in [0.717, 1.165) is 37.4 Å². The molecule has 0 amide bonds. The van der Waals surface area contributed by atoms with Crippen LogP contribution in [0.3, 0.4) is 0 Å². The number of aliphatic imine (C=N–C) groups is 2. The monoisotopic (exact) mass is 431 g/mol. The Balaban J connectivity index is 1.95. The Morgan fingerprint density at radius 2 is 1.97 bits per heavy atom. The Bertz CT molecular complexity index is 730. The molecule has 172 valence electrons. The lowest BCUT2D eigenvalue weighted by atomic mass is 10.2. The van der Waals surface area contributed by atoms with E-state index in [2.05, 4.69) is 32.2 Å². The van der Waals surface area contributed by atoms with E-state index in [1.165, 1.54) is 25.9 Å². The van der Waals surface area contributed by atoms with Crippen LogP contribution in [0.25, 0.3) is 0 Å². The normalized spacial score (nSPS) is 15.1. The van der Waals surface area contributed by atoms with Crippen molar-refractivity contribution in [3.63, 3.8) is 0 Å². The van der Waals surface area contributed by atoms with Crippen molar-refractivity contribution in [1.29, 1.82) is 0 Å². The molecule has 0 spiro atoms. The summed E-state index contributed by atoms with van der Waals surface area (Å²) in [5.74, 6) is 2.52. The van der Waals surface area contributed by atoms with Gasteiger partial charge < -0.3 is 29.7 Å². The van der Waals surface area contributed by atoms with E-state index in [0.29, 0.717) is 30.7 Å². The molecule has 0 aromatic heterocycles. The molecule has 31 heavy (non-hydrogen) atoms. The Morgan fingerprint density at radius 1 is 1.16 bits per heavy atom. The standard InChI is InChI=1S/C23H37N5O3/c1-5-22(25-12-8-16-29-3)27-23(24-2)26-19-10-11-20(30-4)21(18-19)31-17-9-15-28-13-6-7-14-28/h5,10-11,18,25H,2,6-9,12-17H2,1,3-4H3,(H,26,27)/b22-5-. The lowest BCUT2D eigenvalue weighted by molar-refractivity contribution is 0.195. The Labute approximate surface area is 186 Å². The highest BCUT2D eigenvalue weighted by Gasteiger charge is 2.11. The molecule has 1 aliphatic rings. The smallest absolute Gasteiger partial charge is 0.228 e. The highest BCUT2D eigenvalue weighted by molar-refractivity contribution is 5.97. The molecule has 2 rings (SSSR count). The second-order valence-electron chi connectivity index (χ2n) is 7.28. The van der Waals surface area contributed by atoms with Gasteiger partial charge in [0.2, 0.25) is 5.96 Å². The van der Waals surface area contributed by atoms with E-state index in [4.69, 9.17) is 14.2 Å². The fourth-order valence-corrected chi connectivity index (χ4v) is 3.33. The van der Waals surface area contributed by atoms with Crippen LogP contribution >= 0.6 is 0 Å². The van der Waals surface area contributed by atoms with Gasteiger partial charge in [0, 0.05) is 38.6 Å². The van der Waals surface area contributed by atoms with Crippen molar-refractivity contribution in [2.75, 3.05) is 58.9 Å². The predicted octanol–water partition coefficient (Wildman–Crippen LogP) is 3.52. The molecule has 1 saturated heterocycles. The van der Waals surface area contributed by atoms with Crippen molar-refractivity contribution in [2.45, 2.75) is 32.6 Å². The van der Waals surface area contributed by atoms with Crippen LogP contribution in [0.2, 0.25) is 0 Å². The molecule has 0 saturated carbocycles. The van der Waals surface area contributed by atoms with Crippen LogP contribution in [0.15, 0.2) is 40.1 Å². The number of likely N-dealkylation sites (tertiary alicyclic amines) is 1. The second-order valence-corrected chi connectivity index (χ2v) is 7.28. The minimum atomic E-state index is 0.400. The summed E-state index contributed by atoms with van der Waals surface area (Å²) in [6, 6.07) is 5.67. The number of methoxy groups -OCH3 is 2. The maximum atomic E-state index is 6.01. The fraction of sp³-hybridized carbons (Fsp3) is 0.565. The number of rotatable bonds is 13. The van der Waals surface area contributed by atoms with E-state index in [-0.39, 0.29) is 0 Å². The summed E-state index contributed by atoms with van der Waals surface area (Å²) in [6.07, 6.45) is 6.39. The zero-order valence-electron chi connectivity index (χ0n) is 19.2. The van der Waals surface area contributed by atoms with E-state index in [1.54, 1.807) is 14.2 Å². The molecule has 1 aliphatic heterocycles. The summed E-state index contributed by atoms with van der Waals surface area (Å²) in [5.41, 5.74) is 0.802. The van der Waals surface area contributed by atoms with E-state index < -0.39 is 0 Å². The number of anilines is 1. The van der Waals surface area contributed by atoms with Crippen molar-refractivity contribution in [3.05, 3.63) is 30.1 Å². The number of guanidine groups is 1. The van der Waals surface area contributed by atoms with Crippen LogP contribution in [-0.2, 0) is 4.74 Å². The van der Waals surface area contributed by atoms with Crippen LogP contribution in [0, 0.1) is 0 Å². The van der Waals surface area contributed by atoms with Gasteiger partial charge in [0.05, 0.1) is 13.7 Å². The summed E-state index contributed by atoms with van der Waals surface area (Å²) >= 11 is 0. The quantitative estimate of drug-likeness (QED) is 0.283. The third-order valence-corrected chi connectivity index (χ3v) is 4.98. The Morgan fingerprint density at radius 3 is 2.65 bits per heavy atom. The average molecular weight is 432 g/mol. The molecular formula is C23H37N5O3. The van der Waals surface area contributed by atoms with Crippen molar-refractivity contribution in [1.82, 2.24) is 10.2 Å². The summed E-state index contributed by atoms with van der Waals surface area (Å²) < 4.78 is 16.5. The van der Waals surface area contributed by atoms with Crippen LogP contribution in [0.1, 0.15) is 32.6 Å². The lowest BCUT2D eigenvalue weighted by Crippen LogP contribution is -2.22. The summed E-state index contributed by atoms with van der Waals surface area (Å²) in [7, 11) is 3.34. The molecule has 0 radical (unpaired) electrons. The number of allylic oxidation sites excluding steroid dienone is 1. The molecule has 2 N–H and O–H groups in total. The Kier molecular flexibility index (Phi) is 11.5. The zero-order valence-corrected chi connectivity index (χ0v) is 19.2. The van der Waals surface area contributed by atoms with Crippen LogP contribution in [0.4, 0.5) is 5.69 Å². The first-order valence-corrected chi connectivity index (χ1v) is 10.9. The number of hydrogen-bond acceptors (Lipinski definition) is 6. The number of ether oxygens (including phenoxy) is 3. The summed E-state index contributed by atoms with van der Waals surface area (Å²) in [4.78, 5) is 11.0. The van der Waals surface area contributed by atoms with E-state index >= 15 is 0 Å². The minimum Gasteiger partial charge on any atom is -0.493 e. The number of hydrogen-bond donors (Lipinski definition) is 2. The number of nitrogens with zero attached hydrogens (tertiary/aromatic N) is 3. The zero-order chi connectivity index (χ0) is 22.3. The van der Waals surface area contributed by atoms with Crippen molar-refractivity contribution < 1.29 is 14.2 Å². The van der Waals surface area contributed by atoms with Gasteiger partial charge in [-0.05, 0) is 70.6 Å². The topological polar surface area (TPSA) is 79.7 Å². The number of nitrogens with one attached hydrogen (secondary N) is 2. The fourth-order valence-electron chi connectivity index (χ4n) is 3.33. The minimum absolute atomic E-state index is 0.400. The molecule has 8 nitrogen and oxygen atoms in total. The van der Waals surface area contributed by atoms with Gasteiger partial charge in [0.1, 0.15) is 5.82 Å². The van der Waals surface area contributed by atoms with Gasteiger partial charge in [0.15, 0.2) is 11.5 Å². The average Bonchev–Trinajstić information content (AvgIpc) is 3.31. The summed E-state index contributed by atoms with van der Waals surface area (Å²) in [5, 5.41) is 6.45.